The van der Waals surface area contributed by atoms with Gasteiger partial charge in [-0.15, -0.1) is 0 Å². The SMILES string of the molecule is CC[C@@H](c1ccc(Cl)c(C(F)(F)F)c1)N1CCN(CCCc2ccc3c(n2)CCCC3)C1=O. The van der Waals surface area contributed by atoms with Crippen molar-refractivity contribution in [2.75, 3.05) is 19.6 Å². The van der Waals surface area contributed by atoms with Gasteiger partial charge in [0.2, 0.25) is 0 Å². The molecule has 2 amide bonds. The van der Waals surface area contributed by atoms with Gasteiger partial charge in [-0.3, -0.25) is 4.98 Å². The van der Waals surface area contributed by atoms with Gasteiger partial charge < -0.3 is 9.80 Å². The van der Waals surface area contributed by atoms with Gasteiger partial charge in [-0.05, 0) is 74.3 Å². The number of carbonyl (C=O) groups is 1. The third-order valence-electron chi connectivity index (χ3n) is 6.67. The van der Waals surface area contributed by atoms with Gasteiger partial charge in [0.05, 0.1) is 16.6 Å². The quantitative estimate of drug-likeness (QED) is 0.457. The molecule has 2 aromatic rings. The number of carbonyl (C=O) groups excluding carboxylic acids is 1. The molecule has 8 heteroatoms. The van der Waals surface area contributed by atoms with E-state index in [0.29, 0.717) is 31.6 Å². The van der Waals surface area contributed by atoms with Gasteiger partial charge in [0.25, 0.3) is 0 Å². The van der Waals surface area contributed by atoms with Crippen molar-refractivity contribution < 1.29 is 18.0 Å². The normalized spacial score (nSPS) is 17.4. The van der Waals surface area contributed by atoms with Crippen LogP contribution in [0.4, 0.5) is 18.0 Å². The van der Waals surface area contributed by atoms with E-state index in [1.807, 2.05) is 6.92 Å². The van der Waals surface area contributed by atoms with E-state index in [0.717, 1.165) is 37.4 Å². The summed E-state index contributed by atoms with van der Waals surface area (Å²) in [5.41, 5.74) is 3.24. The Morgan fingerprint density at radius 3 is 2.67 bits per heavy atom. The lowest BCUT2D eigenvalue weighted by molar-refractivity contribution is -0.137. The van der Waals surface area contributed by atoms with Crippen LogP contribution in [0.15, 0.2) is 30.3 Å². The molecule has 4 rings (SSSR count). The average Bonchev–Trinajstić information content (AvgIpc) is 3.14. The van der Waals surface area contributed by atoms with Gasteiger partial charge in [-0.1, -0.05) is 30.7 Å². The number of fused-ring (bicyclic) bond motifs is 1. The lowest BCUT2D eigenvalue weighted by Crippen LogP contribution is -2.35. The minimum atomic E-state index is -4.53. The number of rotatable bonds is 7. The molecule has 0 bridgehead atoms. The van der Waals surface area contributed by atoms with E-state index in [2.05, 4.69) is 12.1 Å². The van der Waals surface area contributed by atoms with Gasteiger partial charge >= 0.3 is 12.2 Å². The second kappa shape index (κ2) is 9.92. The predicted molar refractivity (Wildman–Crippen MR) is 122 cm³/mol. The van der Waals surface area contributed by atoms with Crippen LogP contribution in [0, 0.1) is 0 Å². The zero-order valence-electron chi connectivity index (χ0n) is 18.8. The molecule has 1 aliphatic heterocycles. The van der Waals surface area contributed by atoms with E-state index < -0.39 is 17.8 Å². The Morgan fingerprint density at radius 1 is 1.12 bits per heavy atom. The van der Waals surface area contributed by atoms with Crippen LogP contribution in [0.2, 0.25) is 5.02 Å². The van der Waals surface area contributed by atoms with E-state index >= 15 is 0 Å². The van der Waals surface area contributed by atoms with Crippen LogP contribution in [0.3, 0.4) is 0 Å². The standard InChI is InChI=1S/C25H29ClF3N3O/c1-2-23(18-10-12-21(26)20(16-18)25(27,28)29)32-15-14-31(24(32)33)13-5-7-19-11-9-17-6-3-4-8-22(17)30-19/h9-12,16,23H,2-8,13-15H2,1H3/t23-/m0/s1. The molecule has 1 saturated heterocycles. The van der Waals surface area contributed by atoms with Crippen LogP contribution in [-0.4, -0.2) is 40.4 Å². The second-order valence-electron chi connectivity index (χ2n) is 8.84. The number of alkyl halides is 3. The van der Waals surface area contributed by atoms with Crippen molar-refractivity contribution in [1.82, 2.24) is 14.8 Å². The van der Waals surface area contributed by atoms with Crippen LogP contribution < -0.4 is 0 Å². The average molecular weight is 480 g/mol. The molecule has 2 aliphatic rings. The van der Waals surface area contributed by atoms with E-state index in [1.165, 1.54) is 30.2 Å². The molecule has 0 N–H and O–H groups in total. The monoisotopic (exact) mass is 479 g/mol. The molecule has 0 saturated carbocycles. The number of nitrogens with zero attached hydrogens (tertiary/aromatic N) is 3. The van der Waals surface area contributed by atoms with Crippen LogP contribution in [0.25, 0.3) is 0 Å². The number of aromatic nitrogens is 1. The fourth-order valence-corrected chi connectivity index (χ4v) is 5.14. The molecule has 178 valence electrons. The molecular formula is C25H29ClF3N3O. The van der Waals surface area contributed by atoms with Gasteiger partial charge in [-0.25, -0.2) is 4.79 Å². The number of amides is 2. The van der Waals surface area contributed by atoms with Crippen LogP contribution in [0.5, 0.6) is 0 Å². The lowest BCUT2D eigenvalue weighted by atomic mass is 9.95. The molecule has 0 radical (unpaired) electrons. The zero-order valence-corrected chi connectivity index (χ0v) is 19.6. The maximum absolute atomic E-state index is 13.3. The van der Waals surface area contributed by atoms with Crippen molar-refractivity contribution in [1.29, 1.82) is 0 Å². The minimum absolute atomic E-state index is 0.122. The van der Waals surface area contributed by atoms with E-state index in [-0.39, 0.29) is 11.1 Å². The first-order valence-electron chi connectivity index (χ1n) is 11.7. The maximum Gasteiger partial charge on any atom is 0.417 e. The number of pyridine rings is 1. The number of hydrogen-bond acceptors (Lipinski definition) is 2. The summed E-state index contributed by atoms with van der Waals surface area (Å²) < 4.78 is 39.9. The molecule has 0 spiro atoms. The Bertz CT molecular complexity index is 1010. The highest BCUT2D eigenvalue weighted by Crippen LogP contribution is 2.38. The Morgan fingerprint density at radius 2 is 1.91 bits per heavy atom. The molecule has 1 aliphatic carbocycles. The van der Waals surface area contributed by atoms with Crippen molar-refractivity contribution in [3.63, 3.8) is 0 Å². The molecule has 1 aromatic carbocycles. The number of halogens is 4. The first-order valence-corrected chi connectivity index (χ1v) is 12.1. The van der Waals surface area contributed by atoms with Gasteiger partial charge in [0.15, 0.2) is 0 Å². The highest BCUT2D eigenvalue weighted by atomic mass is 35.5. The van der Waals surface area contributed by atoms with Crippen LogP contribution >= 0.6 is 11.6 Å². The molecule has 0 unspecified atom stereocenters. The van der Waals surface area contributed by atoms with Gasteiger partial charge in [-0.2, -0.15) is 13.2 Å². The topological polar surface area (TPSA) is 36.4 Å². The molecule has 33 heavy (non-hydrogen) atoms. The molecule has 1 atom stereocenters. The third kappa shape index (κ3) is 5.29. The lowest BCUT2D eigenvalue weighted by Gasteiger charge is -2.28. The highest BCUT2D eigenvalue weighted by molar-refractivity contribution is 6.31. The Hall–Kier alpha value is -2.28. The zero-order chi connectivity index (χ0) is 23.6. The largest absolute Gasteiger partial charge is 0.417 e. The van der Waals surface area contributed by atoms with E-state index in [4.69, 9.17) is 16.6 Å². The van der Waals surface area contributed by atoms with Crippen LogP contribution in [0.1, 0.15) is 66.7 Å². The van der Waals surface area contributed by atoms with Crippen molar-refractivity contribution in [3.8, 4) is 0 Å². The van der Waals surface area contributed by atoms with Crippen molar-refractivity contribution in [3.05, 3.63) is 63.4 Å². The fourth-order valence-electron chi connectivity index (χ4n) is 4.92. The summed E-state index contributed by atoms with van der Waals surface area (Å²) in [5, 5.41) is -0.328. The van der Waals surface area contributed by atoms with E-state index in [1.54, 1.807) is 15.9 Å². The third-order valence-corrected chi connectivity index (χ3v) is 7.00. The second-order valence-corrected chi connectivity index (χ2v) is 9.25. The van der Waals surface area contributed by atoms with Crippen molar-refractivity contribution in [2.45, 2.75) is 64.1 Å². The summed E-state index contributed by atoms with van der Waals surface area (Å²) in [4.78, 5) is 21.3. The Labute approximate surface area is 197 Å². The number of benzene rings is 1. The number of hydrogen-bond donors (Lipinski definition) is 0. The van der Waals surface area contributed by atoms with Crippen molar-refractivity contribution >= 4 is 17.6 Å². The fraction of sp³-hybridized carbons (Fsp3) is 0.520. The van der Waals surface area contributed by atoms with E-state index in [9.17, 15) is 18.0 Å². The summed E-state index contributed by atoms with van der Waals surface area (Å²) in [6.07, 6.45) is 2.18. The number of aryl methyl sites for hydroxylation is 3. The summed E-state index contributed by atoms with van der Waals surface area (Å²) >= 11 is 5.77. The summed E-state index contributed by atoms with van der Waals surface area (Å²) in [6.45, 7) is 3.56. The predicted octanol–water partition coefficient (Wildman–Crippen LogP) is 6.45. The van der Waals surface area contributed by atoms with Gasteiger partial charge in [0.1, 0.15) is 0 Å². The smallest absolute Gasteiger partial charge is 0.323 e. The summed E-state index contributed by atoms with van der Waals surface area (Å²) in [7, 11) is 0. The van der Waals surface area contributed by atoms with Crippen LogP contribution in [-0.2, 0) is 25.4 Å². The molecule has 1 fully saturated rings. The minimum Gasteiger partial charge on any atom is -0.323 e. The highest BCUT2D eigenvalue weighted by Gasteiger charge is 2.37. The maximum atomic E-state index is 13.3. The molecule has 1 aromatic heterocycles. The Balaban J connectivity index is 1.38. The molecular weight excluding hydrogens is 451 g/mol. The molecule has 2 heterocycles. The summed E-state index contributed by atoms with van der Waals surface area (Å²) in [5.74, 6) is 0. The Kier molecular flexibility index (Phi) is 7.17. The number of urea groups is 1. The first kappa shape index (κ1) is 23.9. The first-order chi connectivity index (χ1) is 15.8. The van der Waals surface area contributed by atoms with Gasteiger partial charge in [0, 0.05) is 31.0 Å². The summed E-state index contributed by atoms with van der Waals surface area (Å²) in [6, 6.07) is 7.68. The van der Waals surface area contributed by atoms with Crippen molar-refractivity contribution in [2.24, 2.45) is 0 Å². The molecule has 4 nitrogen and oxygen atoms in total.